The summed E-state index contributed by atoms with van der Waals surface area (Å²) in [5.74, 6) is 0. The zero-order valence-corrected chi connectivity index (χ0v) is 21.3. The molecule has 4 aromatic carbocycles. The van der Waals surface area contributed by atoms with Crippen molar-refractivity contribution in [2.24, 2.45) is 0 Å². The largest absolute Gasteiger partial charge is 0.256 e. The van der Waals surface area contributed by atoms with Crippen LogP contribution in [0.2, 0.25) is 0 Å². The second-order valence-corrected chi connectivity index (χ2v) is 11.3. The van der Waals surface area contributed by atoms with E-state index in [1.807, 2.05) is 6.20 Å². The first-order valence-corrected chi connectivity index (χ1v) is 12.8. The SMILES string of the molecule is CC1(C)c2ccccc2-c2ccc(-c3ccc(-c4ccc5c(c4)C(C)(C)c4ccccc4-5)nc3)cc21. The number of fused-ring (bicyclic) bond motifs is 6. The molecule has 36 heavy (non-hydrogen) atoms. The van der Waals surface area contributed by atoms with Crippen LogP contribution in [0.3, 0.4) is 0 Å². The molecule has 7 rings (SSSR count). The lowest BCUT2D eigenvalue weighted by Crippen LogP contribution is -2.15. The van der Waals surface area contributed by atoms with Gasteiger partial charge in [-0.05, 0) is 68.3 Å². The molecule has 0 saturated heterocycles. The molecule has 0 atom stereocenters. The number of hydrogen-bond donors (Lipinski definition) is 0. The number of benzene rings is 4. The Kier molecular flexibility index (Phi) is 4.31. The molecule has 1 aromatic heterocycles. The Morgan fingerprint density at radius 1 is 0.444 bits per heavy atom. The van der Waals surface area contributed by atoms with Crippen LogP contribution >= 0.6 is 0 Å². The highest BCUT2D eigenvalue weighted by Gasteiger charge is 2.36. The third-order valence-corrected chi connectivity index (χ3v) is 8.56. The molecule has 2 aliphatic carbocycles. The van der Waals surface area contributed by atoms with Crippen molar-refractivity contribution in [2.45, 2.75) is 38.5 Å². The number of hydrogen-bond acceptors (Lipinski definition) is 1. The summed E-state index contributed by atoms with van der Waals surface area (Å²) in [6, 6.07) is 35.7. The maximum Gasteiger partial charge on any atom is 0.0702 e. The van der Waals surface area contributed by atoms with Gasteiger partial charge in [-0.3, -0.25) is 4.98 Å². The van der Waals surface area contributed by atoms with Gasteiger partial charge in [-0.1, -0.05) is 107 Å². The lowest BCUT2D eigenvalue weighted by Gasteiger charge is -2.22. The minimum Gasteiger partial charge on any atom is -0.256 e. The standard InChI is InChI=1S/C35H29N/c1-34(2)29-11-7-5-9-25(29)27-16-13-22(19-31(27)34)24-15-18-33(36-21-24)23-14-17-28-26-10-6-8-12-30(26)35(3,4)32(28)20-23/h5-21H,1-4H3. The molecule has 0 unspecified atom stereocenters. The van der Waals surface area contributed by atoms with Gasteiger partial charge in [0.25, 0.3) is 0 Å². The molecule has 1 nitrogen and oxygen atoms in total. The first-order chi connectivity index (χ1) is 17.4. The Balaban J connectivity index is 1.24. The Labute approximate surface area is 213 Å². The van der Waals surface area contributed by atoms with Crippen molar-refractivity contribution >= 4 is 0 Å². The van der Waals surface area contributed by atoms with Gasteiger partial charge in [0, 0.05) is 28.2 Å². The number of aromatic nitrogens is 1. The fourth-order valence-corrected chi connectivity index (χ4v) is 6.48. The molecule has 2 aliphatic rings. The van der Waals surface area contributed by atoms with Crippen LogP contribution in [0.4, 0.5) is 0 Å². The monoisotopic (exact) mass is 463 g/mol. The molecule has 0 aliphatic heterocycles. The number of pyridine rings is 1. The van der Waals surface area contributed by atoms with Crippen molar-refractivity contribution in [3.63, 3.8) is 0 Å². The van der Waals surface area contributed by atoms with Crippen LogP contribution in [0, 0.1) is 0 Å². The second kappa shape index (κ2) is 7.27. The van der Waals surface area contributed by atoms with Crippen molar-refractivity contribution in [3.05, 3.63) is 126 Å². The molecular weight excluding hydrogens is 434 g/mol. The van der Waals surface area contributed by atoms with Crippen LogP contribution in [0.15, 0.2) is 103 Å². The van der Waals surface area contributed by atoms with E-state index in [0.717, 1.165) is 11.3 Å². The lowest BCUT2D eigenvalue weighted by atomic mass is 9.81. The minimum atomic E-state index is -0.00330. The lowest BCUT2D eigenvalue weighted by molar-refractivity contribution is 0.660. The van der Waals surface area contributed by atoms with Crippen molar-refractivity contribution in [1.82, 2.24) is 4.98 Å². The van der Waals surface area contributed by atoms with Crippen molar-refractivity contribution in [2.75, 3.05) is 0 Å². The first-order valence-electron chi connectivity index (χ1n) is 12.8. The van der Waals surface area contributed by atoms with E-state index in [0.29, 0.717) is 0 Å². The van der Waals surface area contributed by atoms with Crippen LogP contribution in [0.25, 0.3) is 44.6 Å². The topological polar surface area (TPSA) is 12.9 Å². The van der Waals surface area contributed by atoms with Gasteiger partial charge in [-0.2, -0.15) is 0 Å². The smallest absolute Gasteiger partial charge is 0.0702 e. The summed E-state index contributed by atoms with van der Waals surface area (Å²) in [4.78, 5) is 4.92. The van der Waals surface area contributed by atoms with Gasteiger partial charge >= 0.3 is 0 Å². The van der Waals surface area contributed by atoms with Crippen molar-refractivity contribution in [1.29, 1.82) is 0 Å². The quantitative estimate of drug-likeness (QED) is 0.254. The van der Waals surface area contributed by atoms with Gasteiger partial charge in [0.05, 0.1) is 5.69 Å². The van der Waals surface area contributed by atoms with Crippen molar-refractivity contribution < 1.29 is 0 Å². The number of rotatable bonds is 2. The Morgan fingerprint density at radius 2 is 0.917 bits per heavy atom. The van der Waals surface area contributed by atoms with E-state index < -0.39 is 0 Å². The normalized spacial score (nSPS) is 15.7. The summed E-state index contributed by atoms with van der Waals surface area (Å²) in [5.41, 5.74) is 15.6. The summed E-state index contributed by atoms with van der Waals surface area (Å²) in [6.07, 6.45) is 2.03. The van der Waals surface area contributed by atoms with Crippen LogP contribution in [0.1, 0.15) is 49.9 Å². The van der Waals surface area contributed by atoms with E-state index in [9.17, 15) is 0 Å². The van der Waals surface area contributed by atoms with E-state index in [2.05, 4.69) is 125 Å². The Morgan fingerprint density at radius 3 is 1.47 bits per heavy atom. The molecule has 0 fully saturated rings. The van der Waals surface area contributed by atoms with Gasteiger partial charge < -0.3 is 0 Å². The molecule has 0 N–H and O–H groups in total. The van der Waals surface area contributed by atoms with Crippen molar-refractivity contribution in [3.8, 4) is 44.6 Å². The summed E-state index contributed by atoms with van der Waals surface area (Å²) < 4.78 is 0. The van der Waals surface area contributed by atoms with Gasteiger partial charge in [0.1, 0.15) is 0 Å². The maximum atomic E-state index is 4.92. The van der Waals surface area contributed by atoms with E-state index in [4.69, 9.17) is 4.98 Å². The van der Waals surface area contributed by atoms with E-state index in [1.165, 1.54) is 55.6 Å². The molecule has 0 spiro atoms. The van der Waals surface area contributed by atoms with Gasteiger partial charge in [0.2, 0.25) is 0 Å². The van der Waals surface area contributed by atoms with Gasteiger partial charge in [-0.25, -0.2) is 0 Å². The summed E-state index contributed by atoms with van der Waals surface area (Å²) >= 11 is 0. The number of nitrogens with zero attached hydrogens (tertiary/aromatic N) is 1. The molecule has 0 radical (unpaired) electrons. The molecule has 1 heterocycles. The third-order valence-electron chi connectivity index (χ3n) is 8.56. The molecule has 174 valence electrons. The summed E-state index contributed by atoms with van der Waals surface area (Å²) in [7, 11) is 0. The molecule has 0 saturated carbocycles. The molecule has 1 heteroatoms. The Bertz CT molecular complexity index is 1540. The predicted molar refractivity (Wildman–Crippen MR) is 150 cm³/mol. The van der Waals surface area contributed by atoms with E-state index in [-0.39, 0.29) is 10.8 Å². The molecule has 0 bridgehead atoms. The van der Waals surface area contributed by atoms with Gasteiger partial charge in [0.15, 0.2) is 0 Å². The van der Waals surface area contributed by atoms with Crippen LogP contribution in [-0.2, 0) is 10.8 Å². The summed E-state index contributed by atoms with van der Waals surface area (Å²) in [5, 5.41) is 0. The summed E-state index contributed by atoms with van der Waals surface area (Å²) in [6.45, 7) is 9.31. The Hall–Kier alpha value is -3.97. The first kappa shape index (κ1) is 21.3. The average Bonchev–Trinajstić information content (AvgIpc) is 3.28. The zero-order valence-electron chi connectivity index (χ0n) is 21.3. The molecule has 0 amide bonds. The van der Waals surface area contributed by atoms with Crippen LogP contribution < -0.4 is 0 Å². The highest BCUT2D eigenvalue weighted by atomic mass is 14.7. The highest BCUT2D eigenvalue weighted by Crippen LogP contribution is 2.50. The fraction of sp³-hybridized carbons (Fsp3) is 0.171. The van der Waals surface area contributed by atoms with Crippen LogP contribution in [-0.4, -0.2) is 4.98 Å². The maximum absolute atomic E-state index is 4.92. The average molecular weight is 464 g/mol. The van der Waals surface area contributed by atoms with Crippen LogP contribution in [0.5, 0.6) is 0 Å². The van der Waals surface area contributed by atoms with Gasteiger partial charge in [-0.15, -0.1) is 0 Å². The highest BCUT2D eigenvalue weighted by molar-refractivity contribution is 5.85. The molecule has 5 aromatic rings. The zero-order chi connectivity index (χ0) is 24.7. The second-order valence-electron chi connectivity index (χ2n) is 11.3. The molecular formula is C35H29N. The fourth-order valence-electron chi connectivity index (χ4n) is 6.48. The predicted octanol–water partition coefficient (Wildman–Crippen LogP) is 9.03. The van der Waals surface area contributed by atoms with E-state index >= 15 is 0 Å². The minimum absolute atomic E-state index is 0.00330. The third kappa shape index (κ3) is 2.86. The van der Waals surface area contributed by atoms with E-state index in [1.54, 1.807) is 0 Å².